The van der Waals surface area contributed by atoms with Crippen LogP contribution in [0.2, 0.25) is 0 Å². The molecule has 0 radical (unpaired) electrons. The van der Waals surface area contributed by atoms with E-state index in [1.165, 1.54) is 0 Å². The molecule has 12 heteroatoms. The largest absolute Gasteiger partial charge is 0.407 e. The normalized spacial score (nSPS) is 16.8. The summed E-state index contributed by atoms with van der Waals surface area (Å²) in [7, 11) is -4.11. The van der Waals surface area contributed by atoms with Crippen LogP contribution < -0.4 is 10.6 Å². The quantitative estimate of drug-likeness (QED) is 0.371. The Kier molecular flexibility index (Phi) is 6.81. The van der Waals surface area contributed by atoms with Crippen LogP contribution in [-0.2, 0) is 20.4 Å². The molecule has 1 saturated carbocycles. The second-order valence-corrected chi connectivity index (χ2v) is 11.0. The number of alkyl halides is 3. The molecule has 0 saturated heterocycles. The molecule has 1 fully saturated rings. The summed E-state index contributed by atoms with van der Waals surface area (Å²) < 4.78 is 81.2. The Morgan fingerprint density at radius 1 is 1.14 bits per heavy atom. The van der Waals surface area contributed by atoms with E-state index in [1.807, 2.05) is 6.07 Å². The lowest BCUT2D eigenvalue weighted by Gasteiger charge is -2.28. The summed E-state index contributed by atoms with van der Waals surface area (Å²) >= 11 is 0. The van der Waals surface area contributed by atoms with Crippen molar-refractivity contribution in [1.82, 2.24) is 15.6 Å². The number of nitrogens with one attached hydrogen (secondary N) is 3. The van der Waals surface area contributed by atoms with Gasteiger partial charge < -0.3 is 10.3 Å². The maximum Gasteiger partial charge on any atom is 0.407 e. The number of nitrogens with zero attached hydrogens (tertiary/aromatic N) is 1. The summed E-state index contributed by atoms with van der Waals surface area (Å²) in [5.74, 6) is -3.28. The van der Waals surface area contributed by atoms with Crippen LogP contribution in [0.5, 0.6) is 0 Å². The van der Waals surface area contributed by atoms with Crippen LogP contribution in [0.1, 0.15) is 30.1 Å². The number of para-hydroxylation sites is 1. The molecule has 4 rings (SSSR count). The number of rotatable bonds is 9. The van der Waals surface area contributed by atoms with Crippen LogP contribution in [-0.4, -0.2) is 42.8 Å². The molecule has 2 atom stereocenters. The Morgan fingerprint density at radius 3 is 2.39 bits per heavy atom. The van der Waals surface area contributed by atoms with Crippen molar-refractivity contribution in [2.24, 2.45) is 0 Å². The number of halogens is 4. The van der Waals surface area contributed by atoms with E-state index in [9.17, 15) is 36.0 Å². The smallest absolute Gasteiger partial charge is 0.358 e. The number of sulfone groups is 1. The minimum absolute atomic E-state index is 0.310. The molecule has 1 amide bonds. The van der Waals surface area contributed by atoms with Gasteiger partial charge in [-0.3, -0.25) is 10.1 Å². The van der Waals surface area contributed by atoms with Crippen LogP contribution in [0.3, 0.4) is 0 Å². The van der Waals surface area contributed by atoms with Crippen LogP contribution in [0.4, 0.5) is 17.6 Å². The highest BCUT2D eigenvalue weighted by atomic mass is 32.2. The van der Waals surface area contributed by atoms with Gasteiger partial charge >= 0.3 is 6.18 Å². The highest BCUT2D eigenvalue weighted by Crippen LogP contribution is 2.36. The Balaban J connectivity index is 1.61. The van der Waals surface area contributed by atoms with E-state index < -0.39 is 62.4 Å². The maximum atomic E-state index is 13.9. The SMILES string of the molecule is N#CC1(NC(=O)[C@H](CS(=O)(=O)Cc2cc3ccccc3[nH]2)N[C@@H](c2ccc(F)cc2)C(F)(F)F)CC1. The number of carbonyl (C=O) groups is 1. The van der Waals surface area contributed by atoms with Crippen LogP contribution in [0, 0.1) is 17.1 Å². The van der Waals surface area contributed by atoms with Gasteiger partial charge in [0.05, 0.1) is 17.6 Å². The number of hydrogen-bond donors (Lipinski definition) is 3. The molecule has 1 heterocycles. The fourth-order valence-corrected chi connectivity index (χ4v) is 5.41. The fraction of sp³-hybridized carbons (Fsp3) is 0.333. The van der Waals surface area contributed by atoms with Gasteiger partial charge in [-0.25, -0.2) is 12.8 Å². The van der Waals surface area contributed by atoms with Gasteiger partial charge in [0.25, 0.3) is 0 Å². The molecule has 190 valence electrons. The van der Waals surface area contributed by atoms with Crippen molar-refractivity contribution in [2.75, 3.05) is 5.75 Å². The Bertz CT molecular complexity index is 1370. The van der Waals surface area contributed by atoms with Gasteiger partial charge in [0.2, 0.25) is 5.91 Å². The predicted molar refractivity (Wildman–Crippen MR) is 124 cm³/mol. The van der Waals surface area contributed by atoms with Crippen LogP contribution >= 0.6 is 0 Å². The number of carbonyl (C=O) groups excluding carboxylic acids is 1. The molecule has 1 aromatic heterocycles. The average Bonchev–Trinajstić information content (AvgIpc) is 3.45. The molecule has 0 unspecified atom stereocenters. The van der Waals surface area contributed by atoms with Gasteiger partial charge in [-0.05, 0) is 48.1 Å². The number of aromatic nitrogens is 1. The summed E-state index contributed by atoms with van der Waals surface area (Å²) in [5, 5.41) is 14.5. The minimum atomic E-state index is -4.93. The zero-order valence-electron chi connectivity index (χ0n) is 18.8. The summed E-state index contributed by atoms with van der Waals surface area (Å²) in [4.78, 5) is 15.9. The highest BCUT2D eigenvalue weighted by molar-refractivity contribution is 7.90. The number of nitriles is 1. The van der Waals surface area contributed by atoms with Crippen molar-refractivity contribution in [2.45, 2.75) is 42.4 Å². The molecule has 3 aromatic rings. The molecular weight excluding hydrogens is 500 g/mol. The molecule has 36 heavy (non-hydrogen) atoms. The van der Waals surface area contributed by atoms with Crippen molar-refractivity contribution >= 4 is 26.6 Å². The fourth-order valence-electron chi connectivity index (χ4n) is 3.91. The van der Waals surface area contributed by atoms with E-state index in [1.54, 1.807) is 30.3 Å². The van der Waals surface area contributed by atoms with Crippen molar-refractivity contribution in [3.63, 3.8) is 0 Å². The van der Waals surface area contributed by atoms with Gasteiger partial charge in [0.15, 0.2) is 9.84 Å². The molecule has 3 N–H and O–H groups in total. The van der Waals surface area contributed by atoms with Crippen molar-refractivity contribution in [3.8, 4) is 6.07 Å². The van der Waals surface area contributed by atoms with Gasteiger partial charge in [-0.15, -0.1) is 0 Å². The van der Waals surface area contributed by atoms with Gasteiger partial charge in [-0.2, -0.15) is 18.4 Å². The van der Waals surface area contributed by atoms with E-state index in [0.29, 0.717) is 24.1 Å². The van der Waals surface area contributed by atoms with E-state index >= 15 is 0 Å². The zero-order chi connectivity index (χ0) is 26.1. The van der Waals surface area contributed by atoms with E-state index in [-0.39, 0.29) is 0 Å². The van der Waals surface area contributed by atoms with E-state index in [2.05, 4.69) is 15.6 Å². The maximum absolute atomic E-state index is 13.9. The average molecular weight is 523 g/mol. The number of aromatic amines is 1. The lowest BCUT2D eigenvalue weighted by molar-refractivity contribution is -0.160. The Morgan fingerprint density at radius 2 is 1.81 bits per heavy atom. The summed E-state index contributed by atoms with van der Waals surface area (Å²) in [5.41, 5.74) is -0.608. The third-order valence-corrected chi connectivity index (χ3v) is 7.52. The second kappa shape index (κ2) is 9.55. The number of benzene rings is 2. The Hall–Kier alpha value is -3.43. The molecule has 0 aliphatic heterocycles. The molecule has 7 nitrogen and oxygen atoms in total. The Labute approximate surface area is 204 Å². The van der Waals surface area contributed by atoms with Crippen LogP contribution in [0.15, 0.2) is 54.6 Å². The van der Waals surface area contributed by atoms with Crippen molar-refractivity contribution in [3.05, 3.63) is 71.7 Å². The molecule has 1 aliphatic carbocycles. The van der Waals surface area contributed by atoms with Gasteiger partial charge in [-0.1, -0.05) is 30.3 Å². The van der Waals surface area contributed by atoms with Crippen molar-refractivity contribution in [1.29, 1.82) is 5.26 Å². The number of amides is 1. The summed E-state index contributed by atoms with van der Waals surface area (Å²) in [6, 6.07) is 9.78. The van der Waals surface area contributed by atoms with E-state index in [4.69, 9.17) is 0 Å². The first-order valence-electron chi connectivity index (χ1n) is 11.0. The predicted octanol–water partition coefficient (Wildman–Crippen LogP) is 3.66. The topological polar surface area (TPSA) is 115 Å². The third-order valence-electron chi connectivity index (χ3n) is 5.92. The van der Waals surface area contributed by atoms with E-state index in [0.717, 1.165) is 29.7 Å². The van der Waals surface area contributed by atoms with Crippen molar-refractivity contribution < 1.29 is 30.8 Å². The molecule has 0 bridgehead atoms. The molecule has 2 aromatic carbocycles. The summed E-state index contributed by atoms with van der Waals surface area (Å²) in [6.07, 6.45) is -4.31. The third kappa shape index (κ3) is 6.03. The standard InChI is InChI=1S/C24H22F4N4O3S/c25-17-7-5-15(6-8-17)21(24(26,27)28)31-20(22(33)32-23(14-29)9-10-23)13-36(34,35)12-18-11-16-3-1-2-4-19(16)30-18/h1-8,11,20-21,30-31H,9-10,12-13H2,(H,32,33)/t20-,21-/m0/s1. The number of H-pyrrole nitrogens is 1. The second-order valence-electron chi connectivity index (χ2n) is 8.86. The molecular formula is C24H22F4N4O3S. The number of hydrogen-bond acceptors (Lipinski definition) is 5. The minimum Gasteiger partial charge on any atom is -0.358 e. The monoisotopic (exact) mass is 522 g/mol. The summed E-state index contributed by atoms with van der Waals surface area (Å²) in [6.45, 7) is 0. The lowest BCUT2D eigenvalue weighted by Crippen LogP contribution is -2.54. The lowest BCUT2D eigenvalue weighted by atomic mass is 10.0. The first-order chi connectivity index (χ1) is 16.9. The number of fused-ring (bicyclic) bond motifs is 1. The molecule has 1 aliphatic rings. The van der Waals surface area contributed by atoms with Gasteiger partial charge in [0.1, 0.15) is 23.4 Å². The zero-order valence-corrected chi connectivity index (χ0v) is 19.6. The highest BCUT2D eigenvalue weighted by Gasteiger charge is 2.48. The van der Waals surface area contributed by atoms with Gasteiger partial charge in [0, 0.05) is 11.2 Å². The first-order valence-corrected chi connectivity index (χ1v) is 12.8. The van der Waals surface area contributed by atoms with Crippen LogP contribution in [0.25, 0.3) is 10.9 Å². The molecule has 0 spiro atoms. The first kappa shape index (κ1) is 25.7.